The number of allylic oxidation sites excluding steroid dienone is 2. The molecule has 80 valence electrons. The Hall–Kier alpha value is -1.70. The van der Waals surface area contributed by atoms with Crippen molar-refractivity contribution in [1.82, 2.24) is 0 Å². The minimum absolute atomic E-state index is 0.623. The molecule has 1 rings (SSSR count). The zero-order chi connectivity index (χ0) is 11.3. The number of ether oxygens (including phenoxy) is 2. The van der Waals surface area contributed by atoms with E-state index >= 15 is 0 Å². The summed E-state index contributed by atoms with van der Waals surface area (Å²) < 4.78 is 10.6. The summed E-state index contributed by atoms with van der Waals surface area (Å²) in [5, 5.41) is 0. The molecule has 0 fully saturated rings. The number of benzene rings is 1. The fraction of sp³-hybridized carbons (Fsp3) is 0.231. The smallest absolute Gasteiger partial charge is 0.161 e. The van der Waals surface area contributed by atoms with E-state index in [-0.39, 0.29) is 0 Å². The summed E-state index contributed by atoms with van der Waals surface area (Å²) in [5.41, 5.74) is 1.86. The SMILES string of the molecule is C=CC(=C)c1ccc(OCC)c(OC)c1. The number of rotatable bonds is 5. The van der Waals surface area contributed by atoms with Crippen molar-refractivity contribution < 1.29 is 9.47 Å². The number of hydrogen-bond donors (Lipinski definition) is 0. The zero-order valence-corrected chi connectivity index (χ0v) is 9.25. The molecule has 0 aliphatic rings. The van der Waals surface area contributed by atoms with Crippen LogP contribution in [0.3, 0.4) is 0 Å². The quantitative estimate of drug-likeness (QED) is 0.685. The Bertz CT molecular complexity index is 367. The maximum atomic E-state index is 5.42. The van der Waals surface area contributed by atoms with Gasteiger partial charge < -0.3 is 9.47 Å². The molecule has 0 bridgehead atoms. The van der Waals surface area contributed by atoms with Crippen LogP contribution < -0.4 is 9.47 Å². The van der Waals surface area contributed by atoms with E-state index in [4.69, 9.17) is 9.47 Å². The van der Waals surface area contributed by atoms with Crippen molar-refractivity contribution in [2.24, 2.45) is 0 Å². The molecule has 2 nitrogen and oxygen atoms in total. The predicted octanol–water partition coefficient (Wildman–Crippen LogP) is 3.29. The Morgan fingerprint density at radius 3 is 2.67 bits per heavy atom. The maximum Gasteiger partial charge on any atom is 0.161 e. The average molecular weight is 204 g/mol. The van der Waals surface area contributed by atoms with Crippen LogP contribution in [0.25, 0.3) is 5.57 Å². The van der Waals surface area contributed by atoms with E-state index in [1.54, 1.807) is 13.2 Å². The molecular weight excluding hydrogens is 188 g/mol. The third-order valence-corrected chi connectivity index (χ3v) is 2.08. The highest BCUT2D eigenvalue weighted by Gasteiger charge is 2.05. The Labute approximate surface area is 90.8 Å². The number of hydrogen-bond acceptors (Lipinski definition) is 2. The van der Waals surface area contributed by atoms with Gasteiger partial charge in [0, 0.05) is 0 Å². The summed E-state index contributed by atoms with van der Waals surface area (Å²) >= 11 is 0. The van der Waals surface area contributed by atoms with Crippen molar-refractivity contribution in [3.05, 3.63) is 43.0 Å². The van der Waals surface area contributed by atoms with Crippen molar-refractivity contribution in [3.63, 3.8) is 0 Å². The van der Waals surface area contributed by atoms with Gasteiger partial charge in [-0.25, -0.2) is 0 Å². The van der Waals surface area contributed by atoms with E-state index in [2.05, 4.69) is 13.2 Å². The summed E-state index contributed by atoms with van der Waals surface area (Å²) in [5.74, 6) is 1.47. The lowest BCUT2D eigenvalue weighted by molar-refractivity contribution is 0.311. The fourth-order valence-corrected chi connectivity index (χ4v) is 1.26. The summed E-state index contributed by atoms with van der Waals surface area (Å²) in [6.07, 6.45) is 1.72. The van der Waals surface area contributed by atoms with Gasteiger partial charge in [-0.15, -0.1) is 0 Å². The van der Waals surface area contributed by atoms with E-state index in [0.717, 1.165) is 22.6 Å². The van der Waals surface area contributed by atoms with E-state index in [9.17, 15) is 0 Å². The predicted molar refractivity (Wildman–Crippen MR) is 63.4 cm³/mol. The first-order valence-electron chi connectivity index (χ1n) is 4.85. The highest BCUT2D eigenvalue weighted by molar-refractivity contribution is 5.73. The summed E-state index contributed by atoms with van der Waals surface area (Å²) in [6, 6.07) is 5.72. The van der Waals surface area contributed by atoms with Crippen molar-refractivity contribution in [1.29, 1.82) is 0 Å². The van der Waals surface area contributed by atoms with Gasteiger partial charge in [-0.2, -0.15) is 0 Å². The van der Waals surface area contributed by atoms with Crippen LogP contribution >= 0.6 is 0 Å². The monoisotopic (exact) mass is 204 g/mol. The molecule has 0 atom stereocenters. The van der Waals surface area contributed by atoms with Crippen LogP contribution in [0.5, 0.6) is 11.5 Å². The van der Waals surface area contributed by atoms with Gasteiger partial charge in [0.15, 0.2) is 11.5 Å². The molecule has 0 N–H and O–H groups in total. The Balaban J connectivity index is 3.06. The van der Waals surface area contributed by atoms with Crippen molar-refractivity contribution in [3.8, 4) is 11.5 Å². The first-order chi connectivity index (χ1) is 7.22. The summed E-state index contributed by atoms with van der Waals surface area (Å²) in [7, 11) is 1.62. The van der Waals surface area contributed by atoms with E-state index < -0.39 is 0 Å². The first-order valence-corrected chi connectivity index (χ1v) is 4.85. The van der Waals surface area contributed by atoms with Gasteiger partial charge in [-0.3, -0.25) is 0 Å². The molecule has 0 heterocycles. The van der Waals surface area contributed by atoms with Gasteiger partial charge >= 0.3 is 0 Å². The maximum absolute atomic E-state index is 5.42. The van der Waals surface area contributed by atoms with E-state index in [1.807, 2.05) is 25.1 Å². The van der Waals surface area contributed by atoms with Gasteiger partial charge in [-0.1, -0.05) is 25.3 Å². The van der Waals surface area contributed by atoms with Crippen LogP contribution in [0.1, 0.15) is 12.5 Å². The zero-order valence-electron chi connectivity index (χ0n) is 9.25. The largest absolute Gasteiger partial charge is 0.493 e. The third-order valence-electron chi connectivity index (χ3n) is 2.08. The molecule has 0 aromatic heterocycles. The molecule has 0 saturated heterocycles. The second-order valence-electron chi connectivity index (χ2n) is 3.03. The average Bonchev–Trinajstić information content (AvgIpc) is 2.29. The Kier molecular flexibility index (Phi) is 3.98. The minimum atomic E-state index is 0.623. The van der Waals surface area contributed by atoms with Crippen molar-refractivity contribution in [2.45, 2.75) is 6.92 Å². The molecule has 0 unspecified atom stereocenters. The van der Waals surface area contributed by atoms with E-state index in [0.29, 0.717) is 6.61 Å². The van der Waals surface area contributed by atoms with Gasteiger partial charge in [0.05, 0.1) is 13.7 Å². The molecule has 0 amide bonds. The fourth-order valence-electron chi connectivity index (χ4n) is 1.26. The molecule has 15 heavy (non-hydrogen) atoms. The normalized spacial score (nSPS) is 9.47. The lowest BCUT2D eigenvalue weighted by atomic mass is 10.1. The van der Waals surface area contributed by atoms with Crippen LogP contribution in [-0.4, -0.2) is 13.7 Å². The lowest BCUT2D eigenvalue weighted by Gasteiger charge is -2.10. The first kappa shape index (κ1) is 11.4. The van der Waals surface area contributed by atoms with E-state index in [1.165, 1.54) is 0 Å². The molecule has 0 aliphatic carbocycles. The highest BCUT2D eigenvalue weighted by Crippen LogP contribution is 2.30. The van der Waals surface area contributed by atoms with Gasteiger partial charge in [0.2, 0.25) is 0 Å². The van der Waals surface area contributed by atoms with Crippen LogP contribution in [0.2, 0.25) is 0 Å². The molecule has 0 saturated carbocycles. The summed E-state index contributed by atoms with van der Waals surface area (Å²) in [6.45, 7) is 10.1. The van der Waals surface area contributed by atoms with Gasteiger partial charge in [0.25, 0.3) is 0 Å². The second-order valence-corrected chi connectivity index (χ2v) is 3.03. The lowest BCUT2D eigenvalue weighted by Crippen LogP contribution is -1.95. The molecule has 0 aliphatic heterocycles. The van der Waals surface area contributed by atoms with Crippen LogP contribution in [0, 0.1) is 0 Å². The highest BCUT2D eigenvalue weighted by atomic mass is 16.5. The van der Waals surface area contributed by atoms with Crippen LogP contribution in [-0.2, 0) is 0 Å². The molecule has 0 spiro atoms. The van der Waals surface area contributed by atoms with Gasteiger partial charge in [-0.05, 0) is 30.2 Å². The second kappa shape index (κ2) is 5.25. The summed E-state index contributed by atoms with van der Waals surface area (Å²) in [4.78, 5) is 0. The molecular formula is C13H16O2. The van der Waals surface area contributed by atoms with Gasteiger partial charge in [0.1, 0.15) is 0 Å². The van der Waals surface area contributed by atoms with Crippen LogP contribution in [0.4, 0.5) is 0 Å². The van der Waals surface area contributed by atoms with Crippen molar-refractivity contribution in [2.75, 3.05) is 13.7 Å². The minimum Gasteiger partial charge on any atom is -0.493 e. The molecule has 1 aromatic rings. The van der Waals surface area contributed by atoms with Crippen molar-refractivity contribution >= 4 is 5.57 Å². The third kappa shape index (κ3) is 2.62. The standard InChI is InChI=1S/C13H16O2/c1-5-10(3)11-7-8-12(15-6-2)13(9-11)14-4/h5,7-9H,1,3,6H2,2,4H3. The van der Waals surface area contributed by atoms with Crippen LogP contribution in [0.15, 0.2) is 37.4 Å². The Morgan fingerprint density at radius 1 is 1.40 bits per heavy atom. The molecule has 2 heteroatoms. The Morgan fingerprint density at radius 2 is 2.13 bits per heavy atom. The molecule has 1 aromatic carbocycles. The molecule has 0 radical (unpaired) electrons. The topological polar surface area (TPSA) is 18.5 Å². The number of methoxy groups -OCH3 is 1.